The minimum absolute atomic E-state index is 0.0108. The average molecular weight is 262 g/mol. The van der Waals surface area contributed by atoms with Crippen LogP contribution in [0.1, 0.15) is 37.0 Å². The number of carbonyl (C=O) groups excluding carboxylic acids is 1. The van der Waals surface area contributed by atoms with Crippen molar-refractivity contribution in [3.05, 3.63) is 29.8 Å². The standard InChI is InChI=1S/C15H22N2O2/c1-10(2)16-14-7-5-4-6-13(14)15(18)17-11-8-12(9-11)19-3/h4-7,10-12,16H,8-9H2,1-3H3,(H,17,18). The van der Waals surface area contributed by atoms with Crippen molar-refractivity contribution in [3.8, 4) is 0 Å². The van der Waals surface area contributed by atoms with E-state index in [4.69, 9.17) is 4.74 Å². The van der Waals surface area contributed by atoms with E-state index in [1.165, 1.54) is 0 Å². The number of methoxy groups -OCH3 is 1. The van der Waals surface area contributed by atoms with Crippen molar-refractivity contribution in [2.75, 3.05) is 12.4 Å². The Hall–Kier alpha value is -1.55. The maximum atomic E-state index is 12.3. The van der Waals surface area contributed by atoms with Gasteiger partial charge in [0.1, 0.15) is 0 Å². The molecule has 104 valence electrons. The lowest BCUT2D eigenvalue weighted by Gasteiger charge is -2.34. The van der Waals surface area contributed by atoms with Gasteiger partial charge in [0.2, 0.25) is 0 Å². The molecule has 0 radical (unpaired) electrons. The van der Waals surface area contributed by atoms with Gasteiger partial charge in [0.05, 0.1) is 11.7 Å². The van der Waals surface area contributed by atoms with E-state index < -0.39 is 0 Å². The van der Waals surface area contributed by atoms with E-state index >= 15 is 0 Å². The van der Waals surface area contributed by atoms with Crippen LogP contribution in [0.3, 0.4) is 0 Å². The quantitative estimate of drug-likeness (QED) is 0.856. The van der Waals surface area contributed by atoms with E-state index in [0.29, 0.717) is 17.7 Å². The Balaban J connectivity index is 1.99. The van der Waals surface area contributed by atoms with Crippen molar-refractivity contribution >= 4 is 11.6 Å². The number of anilines is 1. The summed E-state index contributed by atoms with van der Waals surface area (Å²) in [6.45, 7) is 4.12. The summed E-state index contributed by atoms with van der Waals surface area (Å²) < 4.78 is 5.22. The topological polar surface area (TPSA) is 50.4 Å². The molecule has 0 saturated heterocycles. The number of amides is 1. The molecule has 1 saturated carbocycles. The Labute approximate surface area is 114 Å². The minimum atomic E-state index is -0.0108. The van der Waals surface area contributed by atoms with Gasteiger partial charge in [0.25, 0.3) is 5.91 Å². The third-order valence-electron chi connectivity index (χ3n) is 3.38. The van der Waals surface area contributed by atoms with E-state index in [-0.39, 0.29) is 11.9 Å². The fraction of sp³-hybridized carbons (Fsp3) is 0.533. The van der Waals surface area contributed by atoms with Crippen molar-refractivity contribution in [2.45, 2.75) is 44.9 Å². The number of hydrogen-bond donors (Lipinski definition) is 2. The lowest BCUT2D eigenvalue weighted by molar-refractivity contribution is 0.0176. The van der Waals surface area contributed by atoms with Crippen LogP contribution in [0.2, 0.25) is 0 Å². The molecule has 2 N–H and O–H groups in total. The monoisotopic (exact) mass is 262 g/mol. The molecule has 0 bridgehead atoms. The molecule has 1 aromatic carbocycles. The second-order valence-corrected chi connectivity index (χ2v) is 5.34. The number of rotatable bonds is 5. The molecule has 4 heteroatoms. The zero-order valence-corrected chi connectivity index (χ0v) is 11.8. The summed E-state index contributed by atoms with van der Waals surface area (Å²) in [5.74, 6) is -0.0108. The van der Waals surface area contributed by atoms with Crippen LogP contribution >= 0.6 is 0 Å². The van der Waals surface area contributed by atoms with Crippen LogP contribution in [0.25, 0.3) is 0 Å². The Morgan fingerprint density at radius 1 is 1.32 bits per heavy atom. The van der Waals surface area contributed by atoms with Crippen LogP contribution in [0.5, 0.6) is 0 Å². The van der Waals surface area contributed by atoms with E-state index in [1.807, 2.05) is 24.3 Å². The zero-order valence-electron chi connectivity index (χ0n) is 11.8. The molecule has 0 spiro atoms. The Morgan fingerprint density at radius 3 is 2.63 bits per heavy atom. The summed E-state index contributed by atoms with van der Waals surface area (Å²) in [5, 5.41) is 6.35. The molecule has 19 heavy (non-hydrogen) atoms. The van der Waals surface area contributed by atoms with Gasteiger partial charge >= 0.3 is 0 Å². The first-order chi connectivity index (χ1) is 9.10. The first-order valence-corrected chi connectivity index (χ1v) is 6.79. The molecule has 0 aliphatic heterocycles. The smallest absolute Gasteiger partial charge is 0.253 e. The van der Waals surface area contributed by atoms with Crippen LogP contribution < -0.4 is 10.6 Å². The van der Waals surface area contributed by atoms with Crippen LogP contribution in [0.15, 0.2) is 24.3 Å². The molecule has 1 amide bonds. The van der Waals surface area contributed by atoms with E-state index in [0.717, 1.165) is 18.5 Å². The number of carbonyl (C=O) groups is 1. The molecule has 1 aliphatic carbocycles. The Kier molecular flexibility index (Phi) is 4.43. The van der Waals surface area contributed by atoms with Gasteiger partial charge in [-0.1, -0.05) is 12.1 Å². The molecule has 1 aliphatic rings. The van der Waals surface area contributed by atoms with Crippen LogP contribution in [-0.2, 0) is 4.74 Å². The van der Waals surface area contributed by atoms with E-state index in [9.17, 15) is 4.79 Å². The number of benzene rings is 1. The molecule has 4 nitrogen and oxygen atoms in total. The van der Waals surface area contributed by atoms with Crippen molar-refractivity contribution < 1.29 is 9.53 Å². The molecular formula is C15H22N2O2. The summed E-state index contributed by atoms with van der Waals surface area (Å²) in [7, 11) is 1.71. The first kappa shape index (κ1) is 13.9. The van der Waals surface area contributed by atoms with Crippen LogP contribution in [0, 0.1) is 0 Å². The number of hydrogen-bond acceptors (Lipinski definition) is 3. The lowest BCUT2D eigenvalue weighted by Crippen LogP contribution is -2.47. The number of nitrogens with one attached hydrogen (secondary N) is 2. The first-order valence-electron chi connectivity index (χ1n) is 6.79. The largest absolute Gasteiger partial charge is 0.382 e. The molecule has 0 heterocycles. The SMILES string of the molecule is COC1CC(NC(=O)c2ccccc2NC(C)C)C1. The molecule has 0 atom stereocenters. The minimum Gasteiger partial charge on any atom is -0.382 e. The van der Waals surface area contributed by atoms with Crippen LogP contribution in [0.4, 0.5) is 5.69 Å². The third-order valence-corrected chi connectivity index (χ3v) is 3.38. The van der Waals surface area contributed by atoms with Crippen molar-refractivity contribution in [1.82, 2.24) is 5.32 Å². The van der Waals surface area contributed by atoms with E-state index in [2.05, 4.69) is 24.5 Å². The maximum absolute atomic E-state index is 12.3. The molecule has 2 rings (SSSR count). The van der Waals surface area contributed by atoms with Crippen molar-refractivity contribution in [1.29, 1.82) is 0 Å². The van der Waals surface area contributed by atoms with Crippen molar-refractivity contribution in [3.63, 3.8) is 0 Å². The molecule has 1 aromatic rings. The van der Waals surface area contributed by atoms with Gasteiger partial charge in [-0.3, -0.25) is 4.79 Å². The van der Waals surface area contributed by atoms with Gasteiger partial charge in [-0.25, -0.2) is 0 Å². The fourth-order valence-electron chi connectivity index (χ4n) is 2.26. The summed E-state index contributed by atoms with van der Waals surface area (Å²) >= 11 is 0. The summed E-state index contributed by atoms with van der Waals surface area (Å²) in [5.41, 5.74) is 1.59. The highest BCUT2D eigenvalue weighted by atomic mass is 16.5. The van der Waals surface area contributed by atoms with Gasteiger partial charge < -0.3 is 15.4 Å². The van der Waals surface area contributed by atoms with Gasteiger partial charge in [-0.2, -0.15) is 0 Å². The Morgan fingerprint density at radius 2 is 2.00 bits per heavy atom. The molecule has 0 aromatic heterocycles. The van der Waals surface area contributed by atoms with Gasteiger partial charge in [-0.05, 0) is 38.8 Å². The normalized spacial score (nSPS) is 21.9. The second kappa shape index (κ2) is 6.06. The predicted octanol–water partition coefficient (Wildman–Crippen LogP) is 2.41. The van der Waals surface area contributed by atoms with E-state index in [1.54, 1.807) is 7.11 Å². The highest BCUT2D eigenvalue weighted by Gasteiger charge is 2.30. The van der Waals surface area contributed by atoms with Crippen molar-refractivity contribution in [2.24, 2.45) is 0 Å². The summed E-state index contributed by atoms with van der Waals surface area (Å²) in [4.78, 5) is 12.3. The van der Waals surface area contributed by atoms with Gasteiger partial charge in [0.15, 0.2) is 0 Å². The Bertz CT molecular complexity index is 440. The molecular weight excluding hydrogens is 240 g/mol. The number of ether oxygens (including phenoxy) is 1. The maximum Gasteiger partial charge on any atom is 0.253 e. The highest BCUT2D eigenvalue weighted by molar-refractivity contribution is 5.99. The summed E-state index contributed by atoms with van der Waals surface area (Å²) in [6, 6.07) is 8.16. The lowest BCUT2D eigenvalue weighted by atomic mass is 9.89. The highest BCUT2D eigenvalue weighted by Crippen LogP contribution is 2.24. The second-order valence-electron chi connectivity index (χ2n) is 5.34. The summed E-state index contributed by atoms with van der Waals surface area (Å²) in [6.07, 6.45) is 2.11. The predicted molar refractivity (Wildman–Crippen MR) is 76.5 cm³/mol. The third kappa shape index (κ3) is 3.47. The average Bonchev–Trinajstić information content (AvgIpc) is 2.32. The molecule has 1 fully saturated rings. The zero-order chi connectivity index (χ0) is 13.8. The fourth-order valence-corrected chi connectivity index (χ4v) is 2.26. The van der Waals surface area contributed by atoms with Gasteiger partial charge in [0, 0.05) is 24.9 Å². The molecule has 0 unspecified atom stereocenters. The van der Waals surface area contributed by atoms with Crippen LogP contribution in [-0.4, -0.2) is 31.2 Å². The number of para-hydroxylation sites is 1. The van der Waals surface area contributed by atoms with Gasteiger partial charge in [-0.15, -0.1) is 0 Å².